The zero-order chi connectivity index (χ0) is 35.7. The number of aromatic hydroxyl groups is 4. The van der Waals surface area contributed by atoms with Crippen molar-refractivity contribution in [2.45, 2.75) is 58.7 Å². The Kier molecular flexibility index (Phi) is 10.4. The number of fused-ring (bicyclic) bond motifs is 8. The van der Waals surface area contributed by atoms with Crippen molar-refractivity contribution in [2.24, 2.45) is 0 Å². The Hall–Kier alpha value is -1.56. The van der Waals surface area contributed by atoms with E-state index < -0.39 is 78.8 Å². The first-order valence-corrected chi connectivity index (χ1v) is 24.4. The van der Waals surface area contributed by atoms with Gasteiger partial charge in [0.15, 0.2) is 0 Å². The second-order valence-electron chi connectivity index (χ2n) is 9.23. The Morgan fingerprint density at radius 3 is 0.562 bits per heavy atom. The molecular weight excluding hydrogens is 879 g/mol. The third-order valence-electron chi connectivity index (χ3n) is 6.06. The van der Waals surface area contributed by atoms with Crippen molar-refractivity contribution in [3.8, 4) is 23.0 Å². The number of phenolic OH excluding ortho intramolecular Hbond substituents is 4. The summed E-state index contributed by atoms with van der Waals surface area (Å²) in [6, 6.07) is 7.20. The molecule has 0 amide bonds. The van der Waals surface area contributed by atoms with E-state index in [0.717, 1.165) is 48.5 Å². The maximum Gasteiger partial charge on any atom is 0.261 e. The van der Waals surface area contributed by atoms with Gasteiger partial charge in [-0.3, -0.25) is 0 Å². The summed E-state index contributed by atoms with van der Waals surface area (Å²) in [6.07, 6.45) is 0. The summed E-state index contributed by atoms with van der Waals surface area (Å²) in [5.74, 6) is -2.66. The highest BCUT2D eigenvalue weighted by atomic mass is 35.7. The first kappa shape index (κ1) is 37.7. The van der Waals surface area contributed by atoms with Crippen LogP contribution < -0.4 is 0 Å². The highest BCUT2D eigenvalue weighted by Gasteiger charge is 2.28. The summed E-state index contributed by atoms with van der Waals surface area (Å²) in [7, 11) is 4.32. The predicted octanol–water partition coefficient (Wildman–Crippen LogP) is 7.14. The molecule has 48 heavy (non-hydrogen) atoms. The van der Waals surface area contributed by atoms with Crippen LogP contribution in [0.3, 0.4) is 0 Å². The minimum absolute atomic E-state index is 0.322. The minimum atomic E-state index is -4.53. The molecule has 0 fully saturated rings. The number of halogens is 4. The van der Waals surface area contributed by atoms with E-state index in [1.807, 2.05) is 0 Å². The lowest BCUT2D eigenvalue weighted by atomic mass is 10.3. The third kappa shape index (κ3) is 7.99. The van der Waals surface area contributed by atoms with Crippen molar-refractivity contribution in [2.75, 3.05) is 0 Å². The molecular formula is C24H12Cl4O12S8. The van der Waals surface area contributed by atoms with Crippen molar-refractivity contribution in [3.05, 3.63) is 48.5 Å². The van der Waals surface area contributed by atoms with Gasteiger partial charge in [0.05, 0.1) is 58.7 Å². The largest absolute Gasteiger partial charge is 0.506 e. The average molecular weight is 891 g/mol. The number of hydrogen-bond donors (Lipinski definition) is 4. The molecule has 4 N–H and O–H groups in total. The van der Waals surface area contributed by atoms with Gasteiger partial charge < -0.3 is 20.4 Å². The molecule has 0 atom stereocenters. The summed E-state index contributed by atoms with van der Waals surface area (Å²) < 4.78 is 99.4. The molecule has 0 spiro atoms. The molecule has 24 heteroatoms. The molecule has 4 aromatic rings. The van der Waals surface area contributed by atoms with Gasteiger partial charge in [0.25, 0.3) is 36.2 Å². The Morgan fingerprint density at radius 2 is 0.458 bits per heavy atom. The summed E-state index contributed by atoms with van der Waals surface area (Å²) >= 11 is 1.81. The summed E-state index contributed by atoms with van der Waals surface area (Å²) in [6.45, 7) is 0. The molecule has 0 radical (unpaired) electrons. The molecule has 1 aliphatic rings. The first-order chi connectivity index (χ1) is 21.9. The molecule has 5 rings (SSSR count). The van der Waals surface area contributed by atoms with Crippen LogP contribution >= 0.6 is 89.8 Å². The average Bonchev–Trinajstić information content (AvgIpc) is 2.93. The smallest absolute Gasteiger partial charge is 0.261 e. The van der Waals surface area contributed by atoms with Crippen LogP contribution in [0.5, 0.6) is 23.0 Å². The van der Waals surface area contributed by atoms with Gasteiger partial charge >= 0.3 is 0 Å². The Morgan fingerprint density at radius 1 is 0.333 bits per heavy atom. The number of hydrogen-bond acceptors (Lipinski definition) is 16. The van der Waals surface area contributed by atoms with E-state index in [-0.39, 0.29) is 39.2 Å². The second-order valence-corrected chi connectivity index (χ2v) is 23.8. The fourth-order valence-electron chi connectivity index (χ4n) is 3.89. The molecule has 4 aromatic carbocycles. The zero-order valence-electron chi connectivity index (χ0n) is 22.5. The SMILES string of the molecule is O=S(=O)(Cl)c1cc2c(O)c(c1)Sc1cc(S(=O)(=O)Cl)cc(c1O)Sc1cc(S(=O)(=O)Cl)cc(c1O)Sc1cc(S(=O)(=O)Cl)cc(c1O)S2. The topological polar surface area (TPSA) is 217 Å². The third-order valence-corrected chi connectivity index (χ3v) is 15.6. The maximum atomic E-state index is 12.4. The van der Waals surface area contributed by atoms with Gasteiger partial charge in [-0.05, 0) is 48.5 Å². The van der Waals surface area contributed by atoms with Crippen molar-refractivity contribution in [1.29, 1.82) is 0 Å². The zero-order valence-corrected chi connectivity index (χ0v) is 32.0. The van der Waals surface area contributed by atoms with Gasteiger partial charge in [-0.15, -0.1) is 0 Å². The number of phenols is 4. The van der Waals surface area contributed by atoms with E-state index in [1.54, 1.807) is 0 Å². The van der Waals surface area contributed by atoms with Crippen LogP contribution in [-0.4, -0.2) is 54.1 Å². The summed E-state index contributed by atoms with van der Waals surface area (Å²) in [5, 5.41) is 45.0. The highest BCUT2D eigenvalue weighted by molar-refractivity contribution is 8.15. The monoisotopic (exact) mass is 888 g/mol. The van der Waals surface area contributed by atoms with E-state index >= 15 is 0 Å². The van der Waals surface area contributed by atoms with Crippen LogP contribution in [0.2, 0.25) is 0 Å². The fourth-order valence-corrected chi connectivity index (χ4v) is 12.0. The minimum Gasteiger partial charge on any atom is -0.506 e. The first-order valence-electron chi connectivity index (χ1n) is 11.9. The lowest BCUT2D eigenvalue weighted by molar-refractivity contribution is 0.443. The van der Waals surface area contributed by atoms with Crippen molar-refractivity contribution < 1.29 is 54.1 Å². The molecule has 0 unspecified atom stereocenters. The molecule has 12 nitrogen and oxygen atoms in total. The number of rotatable bonds is 4. The predicted molar refractivity (Wildman–Crippen MR) is 181 cm³/mol. The lowest BCUT2D eigenvalue weighted by Gasteiger charge is -2.18. The van der Waals surface area contributed by atoms with Crippen LogP contribution in [0, 0.1) is 0 Å². The van der Waals surface area contributed by atoms with E-state index in [9.17, 15) is 54.1 Å². The van der Waals surface area contributed by atoms with Gasteiger partial charge in [0.2, 0.25) is 0 Å². The molecule has 0 aromatic heterocycles. The van der Waals surface area contributed by atoms with Crippen LogP contribution in [0.1, 0.15) is 0 Å². The van der Waals surface area contributed by atoms with Crippen molar-refractivity contribution in [3.63, 3.8) is 0 Å². The van der Waals surface area contributed by atoms with Crippen LogP contribution in [0.15, 0.2) is 107 Å². The Labute approximate surface area is 307 Å². The molecule has 256 valence electrons. The summed E-state index contributed by atoms with van der Waals surface area (Å²) in [4.78, 5) is -4.93. The van der Waals surface area contributed by atoms with Crippen LogP contribution in [0.4, 0.5) is 0 Å². The van der Waals surface area contributed by atoms with E-state index in [0.29, 0.717) is 47.0 Å². The molecule has 0 aliphatic carbocycles. The standard InChI is InChI=1S/C24H12Cl4O12S8/c25-45(33,34)9-1-13-21(29)14(2-9)42-17-5-11(47(27,37)38)6-18(23(17)31)44-20-8-12(48(28,39)40)7-19(24(20)32)43-16-4-10(46(26,35)36)3-15(41-13)22(16)30/h1-8,29-32H. The highest BCUT2D eigenvalue weighted by Crippen LogP contribution is 2.54. The van der Waals surface area contributed by atoms with E-state index in [1.165, 1.54) is 0 Å². The normalized spacial score (nSPS) is 14.1. The maximum absolute atomic E-state index is 12.4. The van der Waals surface area contributed by atoms with Gasteiger partial charge in [-0.2, -0.15) is 0 Å². The number of benzene rings is 4. The van der Waals surface area contributed by atoms with Gasteiger partial charge in [-0.25, -0.2) is 33.7 Å². The van der Waals surface area contributed by atoms with Crippen LogP contribution in [0.25, 0.3) is 0 Å². The van der Waals surface area contributed by atoms with Crippen molar-refractivity contribution >= 4 is 126 Å². The quantitative estimate of drug-likeness (QED) is 0.132. The van der Waals surface area contributed by atoms with Crippen LogP contribution in [-0.2, 0) is 36.2 Å². The summed E-state index contributed by atoms with van der Waals surface area (Å²) in [5.41, 5.74) is 0. The Balaban J connectivity index is 1.93. The molecule has 0 saturated heterocycles. The van der Waals surface area contributed by atoms with E-state index in [2.05, 4.69) is 0 Å². The van der Waals surface area contributed by atoms with Gasteiger partial charge in [0.1, 0.15) is 23.0 Å². The van der Waals surface area contributed by atoms with Gasteiger partial charge in [0, 0.05) is 42.7 Å². The van der Waals surface area contributed by atoms with Gasteiger partial charge in [-0.1, -0.05) is 47.0 Å². The molecule has 1 aliphatic heterocycles. The lowest BCUT2D eigenvalue weighted by Crippen LogP contribution is -1.97. The Bertz CT molecular complexity index is 2070. The van der Waals surface area contributed by atoms with E-state index in [4.69, 9.17) is 42.7 Å². The fraction of sp³-hybridized carbons (Fsp3) is 0. The van der Waals surface area contributed by atoms with Crippen molar-refractivity contribution in [1.82, 2.24) is 0 Å². The molecule has 1 heterocycles. The molecule has 0 saturated carbocycles. The second kappa shape index (κ2) is 13.2. The molecule has 8 bridgehead atoms.